The fourth-order valence-electron chi connectivity index (χ4n) is 3.60. The lowest BCUT2D eigenvalue weighted by molar-refractivity contribution is 0.0900. The standard InChI is InChI=1S/C20H21N5O3/c26-18(14-9-16-17(21-10-14)23-20(28)24-19(16)27)22-15-7-4-8-25(12-15)11-13-5-2-1-3-6-13/h1-3,5-6,9-10,15H,4,7-8,11-12H2,(H,22,26)(H2,21,23,24,27,28). The van der Waals surface area contributed by atoms with E-state index in [1.54, 1.807) is 0 Å². The second-order valence-corrected chi connectivity index (χ2v) is 7.06. The number of aromatic amines is 2. The number of likely N-dealkylation sites (tertiary alicyclic amines) is 1. The topological polar surface area (TPSA) is 111 Å². The van der Waals surface area contributed by atoms with Crippen LogP contribution in [0.3, 0.4) is 0 Å². The number of amides is 1. The van der Waals surface area contributed by atoms with E-state index >= 15 is 0 Å². The van der Waals surface area contributed by atoms with Crippen LogP contribution < -0.4 is 16.6 Å². The molecule has 3 aromatic rings. The molecule has 4 rings (SSSR count). The van der Waals surface area contributed by atoms with E-state index in [1.165, 1.54) is 17.8 Å². The van der Waals surface area contributed by atoms with Crippen LogP contribution in [0.5, 0.6) is 0 Å². The highest BCUT2D eigenvalue weighted by molar-refractivity contribution is 5.96. The number of pyridine rings is 1. The summed E-state index contributed by atoms with van der Waals surface area (Å²) in [6.07, 6.45) is 3.29. The SMILES string of the molecule is O=C(NC1CCCN(Cc2ccccc2)C1)c1cnc2[nH]c(=O)[nH]c(=O)c2c1. The van der Waals surface area contributed by atoms with Gasteiger partial charge in [-0.05, 0) is 31.0 Å². The van der Waals surface area contributed by atoms with Crippen molar-refractivity contribution in [1.82, 2.24) is 25.2 Å². The van der Waals surface area contributed by atoms with Crippen LogP contribution in [0.25, 0.3) is 11.0 Å². The van der Waals surface area contributed by atoms with E-state index in [2.05, 4.69) is 37.3 Å². The monoisotopic (exact) mass is 379 g/mol. The lowest BCUT2D eigenvalue weighted by Crippen LogP contribution is -2.47. The molecule has 2 aromatic heterocycles. The van der Waals surface area contributed by atoms with Gasteiger partial charge in [0, 0.05) is 25.3 Å². The molecule has 144 valence electrons. The Morgan fingerprint density at radius 1 is 1.21 bits per heavy atom. The Hall–Kier alpha value is -3.26. The quantitative estimate of drug-likeness (QED) is 0.626. The molecule has 0 radical (unpaired) electrons. The average molecular weight is 379 g/mol. The van der Waals surface area contributed by atoms with Crippen LogP contribution in [-0.4, -0.2) is 44.9 Å². The van der Waals surface area contributed by atoms with Gasteiger partial charge in [0.2, 0.25) is 0 Å². The molecule has 0 aliphatic carbocycles. The van der Waals surface area contributed by atoms with Crippen molar-refractivity contribution >= 4 is 16.9 Å². The Bertz CT molecular complexity index is 1110. The Labute approximate surface area is 160 Å². The number of piperidine rings is 1. The van der Waals surface area contributed by atoms with Crippen LogP contribution in [0.15, 0.2) is 52.2 Å². The second-order valence-electron chi connectivity index (χ2n) is 7.06. The summed E-state index contributed by atoms with van der Waals surface area (Å²) in [5.74, 6) is -0.272. The molecule has 1 aliphatic rings. The molecule has 3 heterocycles. The van der Waals surface area contributed by atoms with E-state index in [9.17, 15) is 14.4 Å². The number of nitrogens with one attached hydrogen (secondary N) is 3. The number of nitrogens with zero attached hydrogens (tertiary/aromatic N) is 2. The van der Waals surface area contributed by atoms with Crippen molar-refractivity contribution in [1.29, 1.82) is 0 Å². The van der Waals surface area contributed by atoms with Gasteiger partial charge < -0.3 is 5.32 Å². The zero-order valence-corrected chi connectivity index (χ0v) is 15.3. The van der Waals surface area contributed by atoms with Crippen LogP contribution in [0, 0.1) is 0 Å². The van der Waals surface area contributed by atoms with Gasteiger partial charge in [0.1, 0.15) is 5.65 Å². The molecule has 1 aliphatic heterocycles. The Morgan fingerprint density at radius 3 is 2.86 bits per heavy atom. The summed E-state index contributed by atoms with van der Waals surface area (Å²) in [7, 11) is 0. The lowest BCUT2D eigenvalue weighted by atomic mass is 10.0. The molecule has 1 aromatic carbocycles. The van der Waals surface area contributed by atoms with Crippen molar-refractivity contribution < 1.29 is 4.79 Å². The molecular formula is C20H21N5O3. The van der Waals surface area contributed by atoms with Gasteiger partial charge in [0.25, 0.3) is 11.5 Å². The van der Waals surface area contributed by atoms with Crippen molar-refractivity contribution in [2.45, 2.75) is 25.4 Å². The van der Waals surface area contributed by atoms with Crippen LogP contribution in [-0.2, 0) is 6.54 Å². The number of fused-ring (bicyclic) bond motifs is 1. The van der Waals surface area contributed by atoms with Crippen LogP contribution >= 0.6 is 0 Å². The van der Waals surface area contributed by atoms with Crippen LogP contribution in [0.2, 0.25) is 0 Å². The average Bonchev–Trinajstić information content (AvgIpc) is 2.68. The third-order valence-electron chi connectivity index (χ3n) is 4.94. The van der Waals surface area contributed by atoms with Gasteiger partial charge in [0.15, 0.2) is 0 Å². The first-order valence-electron chi connectivity index (χ1n) is 9.28. The number of hydrogen-bond donors (Lipinski definition) is 3. The predicted octanol–water partition coefficient (Wildman–Crippen LogP) is 1.01. The number of aromatic nitrogens is 3. The molecule has 3 N–H and O–H groups in total. The van der Waals surface area contributed by atoms with E-state index in [0.717, 1.165) is 32.5 Å². The predicted molar refractivity (Wildman–Crippen MR) is 105 cm³/mol. The Kier molecular flexibility index (Phi) is 5.03. The van der Waals surface area contributed by atoms with Crippen molar-refractivity contribution in [3.8, 4) is 0 Å². The van der Waals surface area contributed by atoms with Crippen molar-refractivity contribution in [3.63, 3.8) is 0 Å². The molecule has 0 saturated carbocycles. The van der Waals surface area contributed by atoms with Gasteiger partial charge in [0.05, 0.1) is 10.9 Å². The second kappa shape index (κ2) is 7.77. The summed E-state index contributed by atoms with van der Waals surface area (Å²) in [5.41, 5.74) is 0.527. The minimum Gasteiger partial charge on any atom is -0.348 e. The summed E-state index contributed by atoms with van der Waals surface area (Å²) in [4.78, 5) is 46.8. The van der Waals surface area contributed by atoms with Crippen molar-refractivity contribution in [2.75, 3.05) is 13.1 Å². The molecule has 28 heavy (non-hydrogen) atoms. The largest absolute Gasteiger partial charge is 0.348 e. The minimum atomic E-state index is -0.622. The third kappa shape index (κ3) is 4.01. The third-order valence-corrected chi connectivity index (χ3v) is 4.94. The molecule has 1 amide bonds. The normalized spacial score (nSPS) is 17.5. The first-order chi connectivity index (χ1) is 13.6. The lowest BCUT2D eigenvalue weighted by Gasteiger charge is -2.33. The maximum atomic E-state index is 12.6. The summed E-state index contributed by atoms with van der Waals surface area (Å²) in [5, 5.41) is 3.22. The zero-order chi connectivity index (χ0) is 19.5. The van der Waals surface area contributed by atoms with E-state index in [0.29, 0.717) is 5.56 Å². The van der Waals surface area contributed by atoms with Gasteiger partial charge in [-0.25, -0.2) is 9.78 Å². The smallest absolute Gasteiger partial charge is 0.327 e. The minimum absolute atomic E-state index is 0.0366. The molecule has 8 nitrogen and oxygen atoms in total. The number of H-pyrrole nitrogens is 2. The number of hydrogen-bond acceptors (Lipinski definition) is 5. The van der Waals surface area contributed by atoms with Crippen molar-refractivity contribution in [2.24, 2.45) is 0 Å². The maximum absolute atomic E-state index is 12.6. The highest BCUT2D eigenvalue weighted by Gasteiger charge is 2.22. The molecule has 1 unspecified atom stereocenters. The number of benzene rings is 1. The summed E-state index contributed by atoms with van der Waals surface area (Å²) < 4.78 is 0. The van der Waals surface area contributed by atoms with E-state index in [1.807, 2.05) is 18.2 Å². The fourth-order valence-corrected chi connectivity index (χ4v) is 3.60. The molecule has 8 heteroatoms. The van der Waals surface area contributed by atoms with Gasteiger partial charge >= 0.3 is 5.69 Å². The summed E-state index contributed by atoms with van der Waals surface area (Å²) >= 11 is 0. The Morgan fingerprint density at radius 2 is 2.04 bits per heavy atom. The molecule has 1 atom stereocenters. The summed E-state index contributed by atoms with van der Waals surface area (Å²) in [6, 6.07) is 11.8. The van der Waals surface area contributed by atoms with E-state index in [-0.39, 0.29) is 23.0 Å². The molecular weight excluding hydrogens is 358 g/mol. The first kappa shape index (κ1) is 18.1. The highest BCUT2D eigenvalue weighted by Crippen LogP contribution is 2.14. The molecule has 1 fully saturated rings. The zero-order valence-electron chi connectivity index (χ0n) is 15.3. The number of rotatable bonds is 4. The highest BCUT2D eigenvalue weighted by atomic mass is 16.2. The number of carbonyl (C=O) groups excluding carboxylic acids is 1. The summed E-state index contributed by atoms with van der Waals surface area (Å²) in [6.45, 7) is 2.63. The van der Waals surface area contributed by atoms with Crippen LogP contribution in [0.4, 0.5) is 0 Å². The molecule has 0 bridgehead atoms. The van der Waals surface area contributed by atoms with Crippen LogP contribution in [0.1, 0.15) is 28.8 Å². The molecule has 0 spiro atoms. The van der Waals surface area contributed by atoms with Gasteiger partial charge in [-0.15, -0.1) is 0 Å². The van der Waals surface area contributed by atoms with Gasteiger partial charge in [-0.2, -0.15) is 0 Å². The Balaban J connectivity index is 1.45. The maximum Gasteiger partial charge on any atom is 0.327 e. The first-order valence-corrected chi connectivity index (χ1v) is 9.28. The fraction of sp³-hybridized carbons (Fsp3) is 0.300. The van der Waals surface area contributed by atoms with E-state index in [4.69, 9.17) is 0 Å². The van der Waals surface area contributed by atoms with Crippen molar-refractivity contribution in [3.05, 3.63) is 74.6 Å². The number of carbonyl (C=O) groups is 1. The van der Waals surface area contributed by atoms with Gasteiger partial charge in [-0.3, -0.25) is 24.5 Å². The molecule has 1 saturated heterocycles. The van der Waals surface area contributed by atoms with Gasteiger partial charge in [-0.1, -0.05) is 30.3 Å². The van der Waals surface area contributed by atoms with E-state index < -0.39 is 11.2 Å².